The molecule has 4 rings (SSSR count). The number of alkyl halides is 3. The lowest BCUT2D eigenvalue weighted by molar-refractivity contribution is -0.141. The summed E-state index contributed by atoms with van der Waals surface area (Å²) in [5.74, 6) is 1.90. The highest BCUT2D eigenvalue weighted by atomic mass is 19.4. The van der Waals surface area contributed by atoms with Gasteiger partial charge in [-0.1, -0.05) is 26.8 Å². The number of pyridine rings is 1. The highest BCUT2D eigenvalue weighted by Crippen LogP contribution is 2.53. The fourth-order valence-corrected chi connectivity index (χ4v) is 3.98. The van der Waals surface area contributed by atoms with Crippen LogP contribution in [0.2, 0.25) is 0 Å². The average molecular weight is 433 g/mol. The molecule has 1 saturated carbocycles. The van der Waals surface area contributed by atoms with Gasteiger partial charge >= 0.3 is 6.18 Å². The third-order valence-corrected chi connectivity index (χ3v) is 5.54. The lowest BCUT2D eigenvalue weighted by atomic mass is 9.92. The summed E-state index contributed by atoms with van der Waals surface area (Å²) in [5, 5.41) is 2.89. The summed E-state index contributed by atoms with van der Waals surface area (Å²) in [6.45, 7) is 8.99. The van der Waals surface area contributed by atoms with Crippen LogP contribution in [-0.2, 0) is 17.5 Å². The van der Waals surface area contributed by atoms with Crippen LogP contribution >= 0.6 is 0 Å². The normalized spacial score (nSPS) is 20.2. The molecule has 0 aromatic carbocycles. The van der Waals surface area contributed by atoms with Crippen molar-refractivity contribution in [3.05, 3.63) is 41.0 Å². The Kier molecular flexibility index (Phi) is 5.18. The predicted molar refractivity (Wildman–Crippen MR) is 111 cm³/mol. The number of nitrogens with zero attached hydrogens (tertiary/aromatic N) is 4. The molecule has 1 aliphatic heterocycles. The lowest BCUT2D eigenvalue weighted by Crippen LogP contribution is -2.31. The molecule has 31 heavy (non-hydrogen) atoms. The Balaban J connectivity index is 1.55. The van der Waals surface area contributed by atoms with E-state index < -0.39 is 11.9 Å². The van der Waals surface area contributed by atoms with E-state index in [2.05, 4.69) is 15.2 Å². The van der Waals surface area contributed by atoms with Crippen LogP contribution in [0.15, 0.2) is 18.3 Å². The number of hydrogen-bond donors (Lipinski definition) is 1. The molecular formula is C22H26F3N5O. The molecule has 0 bridgehead atoms. The number of halogens is 3. The summed E-state index contributed by atoms with van der Waals surface area (Å²) >= 11 is 0. The number of aryl methyl sites for hydroxylation is 1. The van der Waals surface area contributed by atoms with Crippen molar-refractivity contribution in [2.45, 2.75) is 59.2 Å². The third kappa shape index (κ3) is 4.80. The van der Waals surface area contributed by atoms with Gasteiger partial charge in [0.1, 0.15) is 5.69 Å². The Labute approximate surface area is 179 Å². The van der Waals surface area contributed by atoms with E-state index in [-0.39, 0.29) is 11.3 Å². The van der Waals surface area contributed by atoms with Gasteiger partial charge in [-0.25, -0.2) is 9.97 Å². The number of hydrogen-bond acceptors (Lipinski definition) is 5. The molecule has 0 unspecified atom stereocenters. The van der Waals surface area contributed by atoms with Crippen molar-refractivity contribution < 1.29 is 18.0 Å². The fourth-order valence-electron chi connectivity index (χ4n) is 3.98. The number of amides is 1. The van der Waals surface area contributed by atoms with E-state index in [1.165, 1.54) is 12.3 Å². The van der Waals surface area contributed by atoms with Crippen LogP contribution < -0.4 is 10.2 Å². The zero-order chi connectivity index (χ0) is 22.6. The minimum absolute atomic E-state index is 0.0966. The van der Waals surface area contributed by atoms with E-state index in [0.29, 0.717) is 41.9 Å². The van der Waals surface area contributed by atoms with Gasteiger partial charge < -0.3 is 10.2 Å². The Morgan fingerprint density at radius 2 is 1.97 bits per heavy atom. The van der Waals surface area contributed by atoms with Gasteiger partial charge in [-0.3, -0.25) is 9.78 Å². The minimum Gasteiger partial charge on any atom is -0.350 e. The van der Waals surface area contributed by atoms with Crippen LogP contribution in [0.25, 0.3) is 0 Å². The van der Waals surface area contributed by atoms with Crippen molar-refractivity contribution in [2.75, 3.05) is 16.8 Å². The van der Waals surface area contributed by atoms with Gasteiger partial charge in [0.15, 0.2) is 11.6 Å². The van der Waals surface area contributed by atoms with Crippen molar-refractivity contribution in [3.63, 3.8) is 0 Å². The van der Waals surface area contributed by atoms with E-state index in [0.717, 1.165) is 30.5 Å². The highest BCUT2D eigenvalue weighted by Gasteiger charge is 2.47. The molecule has 166 valence electrons. The largest absolute Gasteiger partial charge is 0.433 e. The van der Waals surface area contributed by atoms with Gasteiger partial charge in [-0.2, -0.15) is 13.2 Å². The summed E-state index contributed by atoms with van der Waals surface area (Å²) in [7, 11) is 0. The smallest absolute Gasteiger partial charge is 0.350 e. The maximum absolute atomic E-state index is 12.8. The highest BCUT2D eigenvalue weighted by molar-refractivity contribution is 5.90. The van der Waals surface area contributed by atoms with E-state index in [9.17, 15) is 18.0 Å². The fraction of sp³-hybridized carbons (Fsp3) is 0.545. The average Bonchev–Trinajstić information content (AvgIpc) is 3.40. The van der Waals surface area contributed by atoms with Gasteiger partial charge in [0.2, 0.25) is 5.91 Å². The topological polar surface area (TPSA) is 71.0 Å². The number of aromatic nitrogens is 3. The summed E-state index contributed by atoms with van der Waals surface area (Å²) in [6, 6.07) is 2.46. The Morgan fingerprint density at radius 3 is 2.58 bits per heavy atom. The van der Waals surface area contributed by atoms with Crippen molar-refractivity contribution in [1.29, 1.82) is 0 Å². The quantitative estimate of drug-likeness (QED) is 0.757. The van der Waals surface area contributed by atoms with Crippen molar-refractivity contribution in [2.24, 2.45) is 11.3 Å². The molecule has 1 aliphatic carbocycles. The summed E-state index contributed by atoms with van der Waals surface area (Å²) < 4.78 is 38.3. The number of carbonyl (C=O) groups excluding carboxylic acids is 1. The molecule has 1 N–H and O–H groups in total. The molecule has 0 radical (unpaired) electrons. The molecule has 2 aromatic heterocycles. The summed E-state index contributed by atoms with van der Waals surface area (Å²) in [5.41, 5.74) is 1.13. The molecular weight excluding hydrogens is 407 g/mol. The Hall–Kier alpha value is -2.71. The third-order valence-electron chi connectivity index (χ3n) is 5.54. The maximum atomic E-state index is 12.8. The molecule has 2 atom stereocenters. The van der Waals surface area contributed by atoms with Crippen molar-refractivity contribution in [1.82, 2.24) is 15.0 Å². The van der Waals surface area contributed by atoms with Crippen molar-refractivity contribution >= 4 is 17.5 Å². The second-order valence-corrected chi connectivity index (χ2v) is 9.68. The Bertz CT molecular complexity index is 998. The predicted octanol–water partition coefficient (Wildman–Crippen LogP) is 4.70. The zero-order valence-corrected chi connectivity index (χ0v) is 18.0. The number of anilines is 2. The van der Waals surface area contributed by atoms with Crippen LogP contribution in [0.5, 0.6) is 0 Å². The maximum Gasteiger partial charge on any atom is 0.433 e. The monoisotopic (exact) mass is 433 g/mol. The SMILES string of the molecule is Cc1nc2c(nc1NC(=O)CC(C)(C)C)[C@@H]1C[C@@H]1CN2Cc1ccc(C(F)(F)F)nc1. The summed E-state index contributed by atoms with van der Waals surface area (Å²) in [4.78, 5) is 27.4. The van der Waals surface area contributed by atoms with Crippen LogP contribution in [0.1, 0.15) is 62.2 Å². The molecule has 1 fully saturated rings. The van der Waals surface area contributed by atoms with Crippen LogP contribution in [0.4, 0.5) is 24.8 Å². The second-order valence-electron chi connectivity index (χ2n) is 9.68. The van der Waals surface area contributed by atoms with Gasteiger partial charge in [0.05, 0.1) is 11.4 Å². The second kappa shape index (κ2) is 7.46. The minimum atomic E-state index is -4.45. The van der Waals surface area contributed by atoms with Gasteiger partial charge in [0, 0.05) is 31.6 Å². The van der Waals surface area contributed by atoms with Crippen molar-refractivity contribution in [3.8, 4) is 0 Å². The molecule has 6 nitrogen and oxygen atoms in total. The van der Waals surface area contributed by atoms with E-state index >= 15 is 0 Å². The molecule has 2 aromatic rings. The van der Waals surface area contributed by atoms with Gasteiger partial charge in [-0.05, 0) is 36.3 Å². The molecule has 1 amide bonds. The molecule has 9 heteroatoms. The molecule has 3 heterocycles. The Morgan fingerprint density at radius 1 is 1.23 bits per heavy atom. The summed E-state index contributed by atoms with van der Waals surface area (Å²) in [6.07, 6.45) is -1.80. The van der Waals surface area contributed by atoms with E-state index in [1.54, 1.807) is 6.92 Å². The van der Waals surface area contributed by atoms with Crippen LogP contribution in [0, 0.1) is 18.3 Å². The first-order chi connectivity index (χ1) is 14.4. The number of fused-ring (bicyclic) bond motifs is 3. The van der Waals surface area contributed by atoms with Crippen LogP contribution in [-0.4, -0.2) is 27.4 Å². The number of rotatable bonds is 4. The molecule has 0 saturated heterocycles. The molecule has 2 aliphatic rings. The first kappa shape index (κ1) is 21.5. The van der Waals surface area contributed by atoms with Gasteiger partial charge in [0.25, 0.3) is 0 Å². The zero-order valence-electron chi connectivity index (χ0n) is 18.0. The lowest BCUT2D eigenvalue weighted by Gasteiger charge is -2.30. The first-order valence-corrected chi connectivity index (χ1v) is 10.4. The van der Waals surface area contributed by atoms with E-state index in [4.69, 9.17) is 9.97 Å². The first-order valence-electron chi connectivity index (χ1n) is 10.4. The number of nitrogens with one attached hydrogen (secondary N) is 1. The standard InChI is InChI=1S/C22H26F3N5O/c1-12-19(28-17(31)8-21(2,3)4)29-18-15-7-14(15)11-30(20(18)27-12)10-13-5-6-16(26-9-13)22(23,24)25/h5-6,9,14-15H,7-8,10-11H2,1-4H3,(H,28,29,31)/t14-,15-/m1/s1. The van der Waals surface area contributed by atoms with Crippen LogP contribution in [0.3, 0.4) is 0 Å². The number of carbonyl (C=O) groups is 1. The molecule has 0 spiro atoms. The van der Waals surface area contributed by atoms with Gasteiger partial charge in [-0.15, -0.1) is 0 Å². The van der Waals surface area contributed by atoms with E-state index in [1.807, 2.05) is 20.8 Å².